The Morgan fingerprint density at radius 2 is 2.03 bits per heavy atom. The van der Waals surface area contributed by atoms with Crippen LogP contribution in [-0.4, -0.2) is 32.7 Å². The number of thioether (sulfide) groups is 1. The molecule has 0 aromatic heterocycles. The molecule has 10 heteroatoms. The van der Waals surface area contributed by atoms with Crippen molar-refractivity contribution in [2.45, 2.75) is 13.5 Å². The monoisotopic (exact) mass is 418 g/mol. The molecule has 0 aliphatic carbocycles. The number of nitro groups is 1. The van der Waals surface area contributed by atoms with Crippen molar-refractivity contribution in [2.75, 3.05) is 6.61 Å². The van der Waals surface area contributed by atoms with Crippen LogP contribution in [0.5, 0.6) is 11.5 Å². The maximum Gasteiger partial charge on any atom is 0.315 e. The van der Waals surface area contributed by atoms with E-state index in [2.05, 4.69) is 0 Å². The Hall–Kier alpha value is -3.40. The van der Waals surface area contributed by atoms with Crippen LogP contribution in [0.25, 0.3) is 6.08 Å². The maximum absolute atomic E-state index is 13.8. The first-order valence-corrected chi connectivity index (χ1v) is 9.26. The Bertz CT molecular complexity index is 1040. The normalized spacial score (nSPS) is 15.2. The van der Waals surface area contributed by atoms with Crippen LogP contribution in [0.3, 0.4) is 0 Å². The molecule has 2 aromatic rings. The minimum absolute atomic E-state index is 0.0220. The Labute approximate surface area is 168 Å². The van der Waals surface area contributed by atoms with Crippen molar-refractivity contribution in [2.24, 2.45) is 0 Å². The molecule has 3 rings (SSSR count). The largest absolute Gasteiger partial charge is 0.500 e. The lowest BCUT2D eigenvalue weighted by atomic mass is 10.1. The summed E-state index contributed by atoms with van der Waals surface area (Å²) in [6.45, 7) is 1.58. The zero-order chi connectivity index (χ0) is 21.1. The number of aromatic hydroxyl groups is 1. The van der Waals surface area contributed by atoms with Gasteiger partial charge in [-0.25, -0.2) is 4.39 Å². The molecule has 1 saturated heterocycles. The highest BCUT2D eigenvalue weighted by Crippen LogP contribution is 2.39. The van der Waals surface area contributed by atoms with Crippen molar-refractivity contribution in [1.82, 2.24) is 4.90 Å². The average molecular weight is 418 g/mol. The fourth-order valence-corrected chi connectivity index (χ4v) is 3.52. The van der Waals surface area contributed by atoms with Crippen molar-refractivity contribution in [3.8, 4) is 11.5 Å². The number of hydrogen-bond donors (Lipinski definition) is 1. The Morgan fingerprint density at radius 3 is 2.69 bits per heavy atom. The minimum atomic E-state index is -0.779. The molecular formula is C19H15FN2O6S. The van der Waals surface area contributed by atoms with Gasteiger partial charge < -0.3 is 9.84 Å². The van der Waals surface area contributed by atoms with Gasteiger partial charge >= 0.3 is 5.69 Å². The Kier molecular flexibility index (Phi) is 5.83. The molecule has 0 spiro atoms. The number of rotatable bonds is 6. The quantitative estimate of drug-likeness (QED) is 0.428. The molecule has 0 unspecified atom stereocenters. The van der Waals surface area contributed by atoms with Crippen LogP contribution in [0.1, 0.15) is 18.1 Å². The van der Waals surface area contributed by atoms with Crippen molar-refractivity contribution in [3.05, 3.63) is 68.4 Å². The van der Waals surface area contributed by atoms with E-state index in [1.807, 2.05) is 0 Å². The summed E-state index contributed by atoms with van der Waals surface area (Å²) in [7, 11) is 0. The molecule has 0 saturated carbocycles. The van der Waals surface area contributed by atoms with Crippen LogP contribution in [0.4, 0.5) is 14.9 Å². The molecule has 0 bridgehead atoms. The predicted octanol–water partition coefficient (Wildman–Crippen LogP) is 4.07. The number of ether oxygens (including phenoxy) is 1. The number of halogens is 1. The molecule has 1 aliphatic heterocycles. The van der Waals surface area contributed by atoms with Crippen LogP contribution in [0.15, 0.2) is 41.3 Å². The van der Waals surface area contributed by atoms with Gasteiger partial charge in [0.25, 0.3) is 11.1 Å². The van der Waals surface area contributed by atoms with Crippen molar-refractivity contribution in [3.63, 3.8) is 0 Å². The van der Waals surface area contributed by atoms with E-state index in [1.165, 1.54) is 30.3 Å². The van der Waals surface area contributed by atoms with Crippen molar-refractivity contribution in [1.29, 1.82) is 0 Å². The number of nitro benzene ring substituents is 1. The van der Waals surface area contributed by atoms with Gasteiger partial charge in [-0.05, 0) is 42.5 Å². The molecular weight excluding hydrogens is 403 g/mol. The summed E-state index contributed by atoms with van der Waals surface area (Å²) < 4.78 is 19.0. The van der Waals surface area contributed by atoms with Crippen LogP contribution in [0.2, 0.25) is 0 Å². The molecule has 2 amide bonds. The highest BCUT2D eigenvalue weighted by atomic mass is 32.2. The topological polar surface area (TPSA) is 110 Å². The van der Waals surface area contributed by atoms with Gasteiger partial charge in [-0.15, -0.1) is 0 Å². The highest BCUT2D eigenvalue weighted by Gasteiger charge is 2.35. The SMILES string of the molecule is CCOc1cc(/C=C2\SC(=O)N(Cc3ccccc3F)C2=O)cc([N+](=O)[O-])c1O. The van der Waals surface area contributed by atoms with E-state index in [1.54, 1.807) is 13.0 Å². The summed E-state index contributed by atoms with van der Waals surface area (Å²) in [5.74, 6) is -1.91. The van der Waals surface area contributed by atoms with E-state index in [-0.39, 0.29) is 34.9 Å². The number of imide groups is 1. The molecule has 29 heavy (non-hydrogen) atoms. The first kappa shape index (κ1) is 20.3. The standard InChI is InChI=1S/C19H15FN2O6S/c1-2-28-15-8-11(7-14(17(15)23)22(26)27)9-16-18(24)21(19(25)29-16)10-12-5-3-4-6-13(12)20/h3-9,23H,2,10H2,1H3/b16-9-. The van der Waals surface area contributed by atoms with E-state index < -0.39 is 33.3 Å². The third kappa shape index (κ3) is 4.21. The lowest BCUT2D eigenvalue weighted by molar-refractivity contribution is -0.386. The molecule has 8 nitrogen and oxygen atoms in total. The number of nitrogens with zero attached hydrogens (tertiary/aromatic N) is 2. The van der Waals surface area contributed by atoms with Gasteiger partial charge in [0, 0.05) is 11.6 Å². The van der Waals surface area contributed by atoms with E-state index in [0.717, 1.165) is 11.0 Å². The summed E-state index contributed by atoms with van der Waals surface area (Å²) in [4.78, 5) is 36.2. The number of phenols is 1. The summed E-state index contributed by atoms with van der Waals surface area (Å²) in [5.41, 5.74) is -0.197. The second kappa shape index (κ2) is 8.31. The lowest BCUT2D eigenvalue weighted by Gasteiger charge is -2.12. The second-order valence-corrected chi connectivity index (χ2v) is 6.93. The van der Waals surface area contributed by atoms with Gasteiger partial charge in [0.05, 0.1) is 23.0 Å². The number of benzene rings is 2. The number of carbonyl (C=O) groups excluding carboxylic acids is 2. The Balaban J connectivity index is 1.93. The van der Waals surface area contributed by atoms with Gasteiger partial charge in [-0.3, -0.25) is 24.6 Å². The summed E-state index contributed by atoms with van der Waals surface area (Å²) in [5, 5.41) is 20.5. The minimum Gasteiger partial charge on any atom is -0.500 e. The summed E-state index contributed by atoms with van der Waals surface area (Å²) in [6.07, 6.45) is 1.29. The van der Waals surface area contributed by atoms with Gasteiger partial charge in [0.1, 0.15) is 5.82 Å². The van der Waals surface area contributed by atoms with Crippen molar-refractivity contribution >= 4 is 34.7 Å². The van der Waals surface area contributed by atoms with E-state index in [4.69, 9.17) is 4.74 Å². The fourth-order valence-electron chi connectivity index (χ4n) is 2.69. The number of carbonyl (C=O) groups is 2. The molecule has 1 heterocycles. The maximum atomic E-state index is 13.8. The van der Waals surface area contributed by atoms with Crippen LogP contribution in [-0.2, 0) is 11.3 Å². The van der Waals surface area contributed by atoms with Gasteiger partial charge in [-0.2, -0.15) is 0 Å². The van der Waals surface area contributed by atoms with Crippen LogP contribution >= 0.6 is 11.8 Å². The molecule has 0 atom stereocenters. The first-order chi connectivity index (χ1) is 13.8. The third-order valence-electron chi connectivity index (χ3n) is 4.03. The molecule has 1 N–H and O–H groups in total. The molecule has 1 aliphatic rings. The van der Waals surface area contributed by atoms with E-state index >= 15 is 0 Å². The summed E-state index contributed by atoms with van der Waals surface area (Å²) in [6, 6.07) is 8.20. The zero-order valence-corrected chi connectivity index (χ0v) is 15.9. The van der Waals surface area contributed by atoms with Gasteiger partial charge in [-0.1, -0.05) is 18.2 Å². The summed E-state index contributed by atoms with van der Waals surface area (Å²) >= 11 is 0.642. The lowest BCUT2D eigenvalue weighted by Crippen LogP contribution is -2.27. The number of phenolic OH excluding ortho intramolecular Hbond substituents is 1. The smallest absolute Gasteiger partial charge is 0.315 e. The first-order valence-electron chi connectivity index (χ1n) is 8.44. The van der Waals surface area contributed by atoms with E-state index in [0.29, 0.717) is 11.8 Å². The predicted molar refractivity (Wildman–Crippen MR) is 104 cm³/mol. The third-order valence-corrected chi connectivity index (χ3v) is 4.94. The number of amides is 2. The Morgan fingerprint density at radius 1 is 1.31 bits per heavy atom. The van der Waals surface area contributed by atoms with Crippen LogP contribution < -0.4 is 4.74 Å². The second-order valence-electron chi connectivity index (χ2n) is 5.94. The zero-order valence-electron chi connectivity index (χ0n) is 15.1. The molecule has 0 radical (unpaired) electrons. The highest BCUT2D eigenvalue weighted by molar-refractivity contribution is 8.18. The molecule has 1 fully saturated rings. The molecule has 2 aromatic carbocycles. The van der Waals surface area contributed by atoms with Crippen LogP contribution in [0, 0.1) is 15.9 Å². The number of hydrogen-bond acceptors (Lipinski definition) is 7. The van der Waals surface area contributed by atoms with Crippen molar-refractivity contribution < 1.29 is 28.7 Å². The van der Waals surface area contributed by atoms with Gasteiger partial charge in [0.15, 0.2) is 5.75 Å². The molecule has 150 valence electrons. The van der Waals surface area contributed by atoms with Gasteiger partial charge in [0.2, 0.25) is 5.75 Å². The fraction of sp³-hybridized carbons (Fsp3) is 0.158. The van der Waals surface area contributed by atoms with E-state index in [9.17, 15) is 29.2 Å². The average Bonchev–Trinajstić information content (AvgIpc) is 2.93.